The molecule has 4 aromatic carbocycles. The van der Waals surface area contributed by atoms with Crippen molar-refractivity contribution >= 4 is 17.9 Å². The number of benzene rings is 4. The first-order valence-electron chi connectivity index (χ1n) is 13.3. The van der Waals surface area contributed by atoms with Crippen molar-refractivity contribution in [3.8, 4) is 11.1 Å². The number of nitrogens with two attached hydrogens (primary N) is 1. The maximum atomic E-state index is 14.0. The molecule has 1 aliphatic carbocycles. The number of hydrogen-bond acceptors (Lipinski definition) is 3. The molecule has 7 nitrogen and oxygen atoms in total. The minimum absolute atomic E-state index is 0.0280. The molecule has 5 rings (SSSR count). The number of primary amides is 1. The fourth-order valence-corrected chi connectivity index (χ4v) is 5.59. The van der Waals surface area contributed by atoms with E-state index in [-0.39, 0.29) is 25.3 Å². The van der Waals surface area contributed by atoms with E-state index in [1.54, 1.807) is 0 Å². The Morgan fingerprint density at radius 2 is 1.23 bits per heavy atom. The number of fused-ring (bicyclic) bond motifs is 3. The molecular weight excluding hydrogens is 502 g/mol. The van der Waals surface area contributed by atoms with Gasteiger partial charge in [-0.25, -0.2) is 4.79 Å². The molecule has 4 aromatic rings. The molecular formula is C33H31N3O4. The number of nitrogens with one attached hydrogen (secondary N) is 1. The van der Waals surface area contributed by atoms with Crippen molar-refractivity contribution in [1.29, 1.82) is 0 Å². The van der Waals surface area contributed by atoms with E-state index in [0.717, 1.165) is 38.3 Å². The summed E-state index contributed by atoms with van der Waals surface area (Å²) in [6.45, 7) is 0.0571. The highest BCUT2D eigenvalue weighted by atomic mass is 16.4. The summed E-state index contributed by atoms with van der Waals surface area (Å²) in [5.74, 6) is -1.34. The lowest BCUT2D eigenvalue weighted by molar-refractivity contribution is -0.127. The molecule has 0 saturated carbocycles. The van der Waals surface area contributed by atoms with Crippen LogP contribution in [0, 0.1) is 0 Å². The van der Waals surface area contributed by atoms with E-state index in [1.807, 2.05) is 109 Å². The molecule has 0 heterocycles. The quantitative estimate of drug-likeness (QED) is 0.256. The second kappa shape index (κ2) is 11.9. The third-order valence-corrected chi connectivity index (χ3v) is 7.48. The maximum absolute atomic E-state index is 14.0. The SMILES string of the molecule is NC(=O)CC[C@@H](C(=O)NC(c1ccccc1)c1ccccc1)N(CC1c2ccccc2-c2ccccc21)C(=O)O. The van der Waals surface area contributed by atoms with Gasteiger partial charge in [0.05, 0.1) is 6.04 Å². The van der Waals surface area contributed by atoms with Gasteiger partial charge >= 0.3 is 6.09 Å². The Bertz CT molecular complexity index is 1420. The van der Waals surface area contributed by atoms with E-state index < -0.39 is 30.0 Å². The van der Waals surface area contributed by atoms with E-state index >= 15 is 0 Å². The smallest absolute Gasteiger partial charge is 0.408 e. The van der Waals surface area contributed by atoms with Gasteiger partial charge in [0.2, 0.25) is 11.8 Å². The molecule has 0 spiro atoms. The topological polar surface area (TPSA) is 113 Å². The Morgan fingerprint density at radius 1 is 0.750 bits per heavy atom. The first-order valence-corrected chi connectivity index (χ1v) is 13.3. The lowest BCUT2D eigenvalue weighted by Gasteiger charge is -2.32. The van der Waals surface area contributed by atoms with Crippen LogP contribution < -0.4 is 11.1 Å². The number of hydrogen-bond donors (Lipinski definition) is 3. The Morgan fingerprint density at radius 3 is 1.70 bits per heavy atom. The van der Waals surface area contributed by atoms with Crippen molar-refractivity contribution in [3.05, 3.63) is 131 Å². The normalized spacial score (nSPS) is 12.8. The van der Waals surface area contributed by atoms with Crippen molar-refractivity contribution in [2.45, 2.75) is 30.8 Å². The molecule has 7 heteroatoms. The van der Waals surface area contributed by atoms with Gasteiger partial charge in [-0.1, -0.05) is 109 Å². The van der Waals surface area contributed by atoms with Gasteiger partial charge < -0.3 is 16.2 Å². The molecule has 0 unspecified atom stereocenters. The number of amides is 3. The lowest BCUT2D eigenvalue weighted by atomic mass is 9.94. The fraction of sp³-hybridized carbons (Fsp3) is 0.182. The summed E-state index contributed by atoms with van der Waals surface area (Å²) >= 11 is 0. The standard InChI is InChI=1S/C33H31N3O4/c34-30(37)20-19-29(32(38)35-31(22-11-3-1-4-12-22)23-13-5-2-6-14-23)36(33(39)40)21-28-26-17-9-7-15-24(26)25-16-8-10-18-27(25)28/h1-18,28-29,31H,19-21H2,(H2,34,37)(H,35,38)(H,39,40)/t29-/m0/s1. The molecule has 40 heavy (non-hydrogen) atoms. The Balaban J connectivity index is 1.49. The largest absolute Gasteiger partial charge is 0.465 e. The number of carbonyl (C=O) groups excluding carboxylic acids is 2. The van der Waals surface area contributed by atoms with Crippen molar-refractivity contribution in [2.75, 3.05) is 6.54 Å². The maximum Gasteiger partial charge on any atom is 0.408 e. The van der Waals surface area contributed by atoms with Gasteiger partial charge in [0.1, 0.15) is 6.04 Å². The van der Waals surface area contributed by atoms with Gasteiger partial charge in [-0.3, -0.25) is 14.5 Å². The zero-order valence-corrected chi connectivity index (χ0v) is 21.9. The molecule has 1 aliphatic rings. The molecule has 0 radical (unpaired) electrons. The molecule has 0 aromatic heterocycles. The van der Waals surface area contributed by atoms with Crippen LogP contribution in [0.25, 0.3) is 11.1 Å². The average Bonchev–Trinajstić information content (AvgIpc) is 3.29. The molecule has 0 bridgehead atoms. The summed E-state index contributed by atoms with van der Waals surface area (Å²) in [6, 6.07) is 33.2. The van der Waals surface area contributed by atoms with Crippen LogP contribution in [-0.4, -0.2) is 40.5 Å². The van der Waals surface area contributed by atoms with Gasteiger partial charge in [0.15, 0.2) is 0 Å². The van der Waals surface area contributed by atoms with Crippen molar-refractivity contribution in [3.63, 3.8) is 0 Å². The Kier molecular flexibility index (Phi) is 7.92. The van der Waals surface area contributed by atoms with Crippen LogP contribution in [0.5, 0.6) is 0 Å². The van der Waals surface area contributed by atoms with E-state index in [9.17, 15) is 19.5 Å². The molecule has 4 N–H and O–H groups in total. The highest BCUT2D eigenvalue weighted by Crippen LogP contribution is 2.45. The van der Waals surface area contributed by atoms with Crippen LogP contribution >= 0.6 is 0 Å². The number of carboxylic acid groups (broad SMARTS) is 1. The summed E-state index contributed by atoms with van der Waals surface area (Å²) in [5.41, 5.74) is 11.3. The summed E-state index contributed by atoms with van der Waals surface area (Å²) in [5, 5.41) is 13.5. The number of carbonyl (C=O) groups is 3. The first kappa shape index (κ1) is 26.7. The second-order valence-electron chi connectivity index (χ2n) is 9.95. The third kappa shape index (κ3) is 5.59. The van der Waals surface area contributed by atoms with Gasteiger partial charge in [-0.05, 0) is 39.8 Å². The van der Waals surface area contributed by atoms with E-state index in [1.165, 1.54) is 0 Å². The minimum atomic E-state index is -1.23. The summed E-state index contributed by atoms with van der Waals surface area (Å²) < 4.78 is 0. The third-order valence-electron chi connectivity index (χ3n) is 7.48. The van der Waals surface area contributed by atoms with E-state index in [4.69, 9.17) is 5.73 Å². The van der Waals surface area contributed by atoms with Crippen LogP contribution in [0.2, 0.25) is 0 Å². The van der Waals surface area contributed by atoms with Crippen LogP contribution in [-0.2, 0) is 9.59 Å². The molecule has 0 aliphatic heterocycles. The molecule has 1 atom stereocenters. The number of rotatable bonds is 10. The van der Waals surface area contributed by atoms with Gasteiger partial charge in [-0.2, -0.15) is 0 Å². The van der Waals surface area contributed by atoms with Gasteiger partial charge in [0, 0.05) is 18.9 Å². The summed E-state index contributed by atoms with van der Waals surface area (Å²) in [6.07, 6.45) is -1.39. The van der Waals surface area contributed by atoms with Gasteiger partial charge in [-0.15, -0.1) is 0 Å². The zero-order valence-electron chi connectivity index (χ0n) is 21.9. The van der Waals surface area contributed by atoms with E-state index in [2.05, 4.69) is 5.32 Å². The summed E-state index contributed by atoms with van der Waals surface area (Å²) in [4.78, 5) is 39.7. The van der Waals surface area contributed by atoms with Crippen LogP contribution in [0.1, 0.15) is 47.1 Å². The monoisotopic (exact) mass is 533 g/mol. The highest BCUT2D eigenvalue weighted by molar-refractivity contribution is 5.87. The van der Waals surface area contributed by atoms with E-state index in [0.29, 0.717) is 0 Å². The fourth-order valence-electron chi connectivity index (χ4n) is 5.59. The average molecular weight is 534 g/mol. The lowest BCUT2D eigenvalue weighted by Crippen LogP contribution is -2.51. The molecule has 0 saturated heterocycles. The Labute approximate surface area is 233 Å². The van der Waals surface area contributed by atoms with Crippen molar-refractivity contribution < 1.29 is 19.5 Å². The number of nitrogens with zero attached hydrogens (tertiary/aromatic N) is 1. The molecule has 202 valence electrons. The zero-order chi connectivity index (χ0) is 28.1. The predicted molar refractivity (Wildman–Crippen MR) is 154 cm³/mol. The highest BCUT2D eigenvalue weighted by Gasteiger charge is 2.37. The predicted octanol–water partition coefficient (Wildman–Crippen LogP) is 5.32. The Hall–Kier alpha value is -4.91. The van der Waals surface area contributed by atoms with Gasteiger partial charge in [0.25, 0.3) is 0 Å². The van der Waals surface area contributed by atoms with Crippen LogP contribution in [0.4, 0.5) is 4.79 Å². The van der Waals surface area contributed by atoms with Crippen LogP contribution in [0.3, 0.4) is 0 Å². The summed E-state index contributed by atoms with van der Waals surface area (Å²) in [7, 11) is 0. The molecule has 0 fully saturated rings. The van der Waals surface area contributed by atoms with Crippen molar-refractivity contribution in [1.82, 2.24) is 10.2 Å². The van der Waals surface area contributed by atoms with Crippen LogP contribution in [0.15, 0.2) is 109 Å². The molecule has 3 amide bonds. The minimum Gasteiger partial charge on any atom is -0.465 e. The van der Waals surface area contributed by atoms with Crippen molar-refractivity contribution in [2.24, 2.45) is 5.73 Å². The second-order valence-corrected chi connectivity index (χ2v) is 9.95. The first-order chi connectivity index (χ1) is 19.4.